The first-order valence-corrected chi connectivity index (χ1v) is 8.06. The predicted octanol–water partition coefficient (Wildman–Crippen LogP) is 2.29. The largest absolute Gasteiger partial charge is 0.399 e. The van der Waals surface area contributed by atoms with E-state index in [2.05, 4.69) is 5.32 Å². The second kappa shape index (κ2) is 6.70. The summed E-state index contributed by atoms with van der Waals surface area (Å²) in [7, 11) is -1.06. The lowest BCUT2D eigenvalue weighted by atomic mass is 10.0. The van der Waals surface area contributed by atoms with Crippen molar-refractivity contribution >= 4 is 28.1 Å². The Hall–Kier alpha value is -1.36. The molecule has 5 heteroatoms. The first-order chi connectivity index (χ1) is 9.15. The van der Waals surface area contributed by atoms with Gasteiger partial charge in [-0.3, -0.25) is 9.00 Å². The summed E-state index contributed by atoms with van der Waals surface area (Å²) in [4.78, 5) is 11.8. The molecule has 1 aromatic carbocycles. The number of nitrogens with one attached hydrogen (secondary N) is 1. The van der Waals surface area contributed by atoms with E-state index >= 15 is 0 Å². The Morgan fingerprint density at radius 3 is 2.74 bits per heavy atom. The third-order valence-electron chi connectivity index (χ3n) is 3.37. The molecule has 0 bridgehead atoms. The van der Waals surface area contributed by atoms with Gasteiger partial charge in [0.05, 0.1) is 0 Å². The van der Waals surface area contributed by atoms with Crippen LogP contribution in [-0.4, -0.2) is 21.1 Å². The van der Waals surface area contributed by atoms with Crippen LogP contribution in [0.1, 0.15) is 32.1 Å². The molecule has 1 aromatic rings. The van der Waals surface area contributed by atoms with E-state index in [0.29, 0.717) is 11.4 Å². The number of carbonyl (C=O) groups excluding carboxylic acids is 1. The van der Waals surface area contributed by atoms with Gasteiger partial charge in [-0.25, -0.2) is 0 Å². The standard InChI is InChI=1S/C14H20N2O2S/c15-11-5-4-6-12(9-11)16-14(17)10-19(18)13-7-2-1-3-8-13/h4-6,9,13H,1-3,7-8,10,15H2,(H,16,17). The zero-order valence-electron chi connectivity index (χ0n) is 10.9. The minimum Gasteiger partial charge on any atom is -0.399 e. The minimum absolute atomic E-state index is 0.0828. The van der Waals surface area contributed by atoms with Crippen LogP contribution in [0.15, 0.2) is 24.3 Å². The summed E-state index contributed by atoms with van der Waals surface area (Å²) >= 11 is 0. The molecule has 0 aromatic heterocycles. The molecule has 19 heavy (non-hydrogen) atoms. The molecule has 0 spiro atoms. The smallest absolute Gasteiger partial charge is 0.237 e. The van der Waals surface area contributed by atoms with Crippen LogP contribution in [0, 0.1) is 0 Å². The zero-order valence-corrected chi connectivity index (χ0v) is 11.7. The van der Waals surface area contributed by atoms with Crippen LogP contribution < -0.4 is 11.1 Å². The van der Waals surface area contributed by atoms with Crippen molar-refractivity contribution in [3.05, 3.63) is 24.3 Å². The van der Waals surface area contributed by atoms with Crippen molar-refractivity contribution in [1.29, 1.82) is 0 Å². The van der Waals surface area contributed by atoms with E-state index in [1.165, 1.54) is 6.42 Å². The van der Waals surface area contributed by atoms with Crippen molar-refractivity contribution in [3.8, 4) is 0 Å². The van der Waals surface area contributed by atoms with E-state index in [-0.39, 0.29) is 16.9 Å². The summed E-state index contributed by atoms with van der Waals surface area (Å²) in [6.45, 7) is 0. The van der Waals surface area contributed by atoms with Crippen LogP contribution in [0.25, 0.3) is 0 Å². The SMILES string of the molecule is Nc1cccc(NC(=O)CS(=O)C2CCCCC2)c1. The summed E-state index contributed by atoms with van der Waals surface area (Å²) in [6.07, 6.45) is 5.46. The molecule has 1 saturated carbocycles. The van der Waals surface area contributed by atoms with E-state index in [9.17, 15) is 9.00 Å². The van der Waals surface area contributed by atoms with Gasteiger partial charge in [0.15, 0.2) is 0 Å². The van der Waals surface area contributed by atoms with Gasteiger partial charge in [0, 0.05) is 27.4 Å². The van der Waals surface area contributed by atoms with Gasteiger partial charge in [-0.05, 0) is 31.0 Å². The van der Waals surface area contributed by atoms with Gasteiger partial charge >= 0.3 is 0 Å². The second-order valence-corrected chi connectivity index (χ2v) is 6.68. The lowest BCUT2D eigenvalue weighted by Crippen LogP contribution is -2.27. The number of anilines is 2. The number of rotatable bonds is 4. The minimum atomic E-state index is -1.06. The van der Waals surface area contributed by atoms with Crippen molar-refractivity contribution in [2.75, 3.05) is 16.8 Å². The number of hydrogen-bond acceptors (Lipinski definition) is 3. The fourth-order valence-electron chi connectivity index (χ4n) is 2.39. The Bertz CT molecular complexity index is 470. The molecule has 0 radical (unpaired) electrons. The van der Waals surface area contributed by atoms with Gasteiger partial charge in [0.1, 0.15) is 5.75 Å². The molecule has 1 fully saturated rings. The van der Waals surface area contributed by atoms with E-state index in [1.807, 2.05) is 0 Å². The Kier molecular flexibility index (Phi) is 4.96. The highest BCUT2D eigenvalue weighted by Gasteiger charge is 2.21. The monoisotopic (exact) mass is 280 g/mol. The molecule has 1 aliphatic rings. The predicted molar refractivity (Wildman–Crippen MR) is 79.4 cm³/mol. The maximum atomic E-state index is 12.1. The number of nitrogens with two attached hydrogens (primary N) is 1. The average molecular weight is 280 g/mol. The maximum Gasteiger partial charge on any atom is 0.237 e. The molecular formula is C14H20N2O2S. The number of amides is 1. The molecule has 2 rings (SSSR count). The van der Waals surface area contributed by atoms with E-state index in [1.54, 1.807) is 24.3 Å². The van der Waals surface area contributed by atoms with Crippen LogP contribution in [-0.2, 0) is 15.6 Å². The topological polar surface area (TPSA) is 72.2 Å². The normalized spacial score (nSPS) is 17.9. The van der Waals surface area contributed by atoms with Crippen molar-refractivity contribution in [3.63, 3.8) is 0 Å². The van der Waals surface area contributed by atoms with Crippen molar-refractivity contribution in [2.45, 2.75) is 37.4 Å². The fourth-order valence-corrected chi connectivity index (χ4v) is 3.81. The first kappa shape index (κ1) is 14.1. The fraction of sp³-hybridized carbons (Fsp3) is 0.500. The van der Waals surface area contributed by atoms with Crippen LogP contribution in [0.5, 0.6) is 0 Å². The van der Waals surface area contributed by atoms with Gasteiger partial charge in [0.2, 0.25) is 5.91 Å². The molecule has 4 nitrogen and oxygen atoms in total. The van der Waals surface area contributed by atoms with Crippen LogP contribution in [0.4, 0.5) is 11.4 Å². The molecule has 1 unspecified atom stereocenters. The summed E-state index contributed by atoms with van der Waals surface area (Å²) in [5.41, 5.74) is 6.90. The van der Waals surface area contributed by atoms with Gasteiger partial charge in [-0.2, -0.15) is 0 Å². The molecule has 0 heterocycles. The molecule has 1 aliphatic carbocycles. The van der Waals surface area contributed by atoms with Crippen LogP contribution in [0.3, 0.4) is 0 Å². The highest BCUT2D eigenvalue weighted by atomic mass is 32.2. The third kappa shape index (κ3) is 4.35. The third-order valence-corrected chi connectivity index (χ3v) is 5.13. The number of hydrogen-bond donors (Lipinski definition) is 2. The van der Waals surface area contributed by atoms with Gasteiger partial charge in [-0.1, -0.05) is 25.3 Å². The lowest BCUT2D eigenvalue weighted by Gasteiger charge is -2.20. The number of carbonyl (C=O) groups is 1. The summed E-state index contributed by atoms with van der Waals surface area (Å²) in [5, 5.41) is 2.94. The molecular weight excluding hydrogens is 260 g/mol. The quantitative estimate of drug-likeness (QED) is 0.831. The summed E-state index contributed by atoms with van der Waals surface area (Å²) in [5.74, 6) is -0.117. The van der Waals surface area contributed by atoms with Crippen molar-refractivity contribution in [2.24, 2.45) is 0 Å². The highest BCUT2D eigenvalue weighted by Crippen LogP contribution is 2.22. The molecule has 3 N–H and O–H groups in total. The molecule has 1 atom stereocenters. The average Bonchev–Trinajstić information content (AvgIpc) is 2.39. The Morgan fingerprint density at radius 2 is 2.05 bits per heavy atom. The first-order valence-electron chi connectivity index (χ1n) is 6.68. The van der Waals surface area contributed by atoms with Crippen molar-refractivity contribution in [1.82, 2.24) is 0 Å². The summed E-state index contributed by atoms with van der Waals surface area (Å²) in [6, 6.07) is 7.01. The zero-order chi connectivity index (χ0) is 13.7. The van der Waals surface area contributed by atoms with Gasteiger partial charge in [-0.15, -0.1) is 0 Å². The van der Waals surface area contributed by atoms with Crippen LogP contribution in [0.2, 0.25) is 0 Å². The van der Waals surface area contributed by atoms with Crippen LogP contribution >= 0.6 is 0 Å². The molecule has 104 valence electrons. The maximum absolute atomic E-state index is 12.1. The lowest BCUT2D eigenvalue weighted by molar-refractivity contribution is -0.113. The number of nitrogen functional groups attached to an aromatic ring is 1. The Labute approximate surface area is 116 Å². The molecule has 0 aliphatic heterocycles. The van der Waals surface area contributed by atoms with Crippen molar-refractivity contribution < 1.29 is 9.00 Å². The number of benzene rings is 1. The molecule has 1 amide bonds. The summed E-state index contributed by atoms with van der Waals surface area (Å²) < 4.78 is 12.1. The highest BCUT2D eigenvalue weighted by molar-refractivity contribution is 7.86. The Balaban J connectivity index is 1.85. The van der Waals surface area contributed by atoms with E-state index < -0.39 is 10.8 Å². The van der Waals surface area contributed by atoms with E-state index in [0.717, 1.165) is 25.7 Å². The Morgan fingerprint density at radius 1 is 1.32 bits per heavy atom. The van der Waals surface area contributed by atoms with Gasteiger partial charge in [0.25, 0.3) is 0 Å². The van der Waals surface area contributed by atoms with Gasteiger partial charge < -0.3 is 11.1 Å². The van der Waals surface area contributed by atoms with E-state index in [4.69, 9.17) is 5.73 Å². The molecule has 0 saturated heterocycles. The second-order valence-electron chi connectivity index (χ2n) is 4.96.